The molecule has 0 aromatic carbocycles. The smallest absolute Gasteiger partial charge is 0.180 e. The van der Waals surface area contributed by atoms with Crippen molar-refractivity contribution in [1.29, 1.82) is 0 Å². The molecule has 1 heterocycles. The van der Waals surface area contributed by atoms with Crippen LogP contribution in [0.1, 0.15) is 24.1 Å². The van der Waals surface area contributed by atoms with Gasteiger partial charge >= 0.3 is 0 Å². The molecule has 14 heavy (non-hydrogen) atoms. The lowest BCUT2D eigenvalue weighted by Crippen LogP contribution is -2.17. The maximum atomic E-state index is 5.41. The van der Waals surface area contributed by atoms with Crippen molar-refractivity contribution in [3.05, 3.63) is 20.7 Å². The maximum Gasteiger partial charge on any atom is 0.180 e. The fourth-order valence-electron chi connectivity index (χ4n) is 2.12. The Labute approximate surface area is 94.2 Å². The largest absolute Gasteiger partial charge is 0.325 e. The Morgan fingerprint density at radius 2 is 1.64 bits per heavy atom. The maximum absolute atomic E-state index is 5.41. The highest BCUT2D eigenvalue weighted by Gasteiger charge is 2.14. The molecule has 0 saturated heterocycles. The fraction of sp³-hybridized carbons (Fsp3) is 0.600. The first kappa shape index (κ1) is 10.1. The molecular weight excluding hydrogens is 212 g/mol. The van der Waals surface area contributed by atoms with E-state index < -0.39 is 0 Å². The number of rotatable bonds is 0. The van der Waals surface area contributed by atoms with Crippen LogP contribution in [-0.2, 0) is 26.9 Å². The molecule has 2 nitrogen and oxygen atoms in total. The van der Waals surface area contributed by atoms with Crippen LogP contribution >= 0.6 is 24.4 Å². The summed E-state index contributed by atoms with van der Waals surface area (Å²) in [6.45, 7) is 0. The van der Waals surface area contributed by atoms with Gasteiger partial charge in [0, 0.05) is 25.4 Å². The Bertz CT molecular complexity index is 482. The van der Waals surface area contributed by atoms with Gasteiger partial charge in [0.15, 0.2) is 4.77 Å². The first-order valence-electron chi connectivity index (χ1n) is 4.90. The van der Waals surface area contributed by atoms with Crippen LogP contribution in [0.3, 0.4) is 0 Å². The van der Waals surface area contributed by atoms with Crippen LogP contribution in [0.15, 0.2) is 0 Å². The molecular formula is C10H14N2S2. The number of nitrogens with zero attached hydrogens (tertiary/aromatic N) is 2. The Morgan fingerprint density at radius 1 is 1.00 bits per heavy atom. The lowest BCUT2D eigenvalue weighted by Gasteiger charge is -2.21. The minimum Gasteiger partial charge on any atom is -0.325 e. The van der Waals surface area contributed by atoms with E-state index in [1.54, 1.807) is 0 Å². The van der Waals surface area contributed by atoms with E-state index >= 15 is 0 Å². The van der Waals surface area contributed by atoms with Gasteiger partial charge in [0.25, 0.3) is 0 Å². The zero-order valence-corrected chi connectivity index (χ0v) is 10.2. The van der Waals surface area contributed by atoms with Crippen LogP contribution in [0.4, 0.5) is 0 Å². The highest BCUT2D eigenvalue weighted by molar-refractivity contribution is 7.72. The lowest BCUT2D eigenvalue weighted by atomic mass is 9.97. The highest BCUT2D eigenvalue weighted by Crippen LogP contribution is 2.21. The molecule has 0 bridgehead atoms. The van der Waals surface area contributed by atoms with E-state index in [0.29, 0.717) is 0 Å². The summed E-state index contributed by atoms with van der Waals surface area (Å²) in [5.41, 5.74) is 2.69. The second kappa shape index (κ2) is 3.59. The summed E-state index contributed by atoms with van der Waals surface area (Å²) in [5, 5.41) is 0. The Kier molecular flexibility index (Phi) is 2.58. The molecule has 1 aliphatic carbocycles. The normalized spacial score (nSPS) is 15.3. The minimum atomic E-state index is 0.829. The molecule has 1 aromatic rings. The molecule has 2 rings (SSSR count). The number of hydrogen-bond acceptors (Lipinski definition) is 2. The zero-order chi connectivity index (χ0) is 10.3. The summed E-state index contributed by atoms with van der Waals surface area (Å²) in [4.78, 5) is 0. The summed E-state index contributed by atoms with van der Waals surface area (Å²) in [6.07, 6.45) is 4.76. The molecule has 76 valence electrons. The predicted octanol–water partition coefficient (Wildman–Crippen LogP) is 2.70. The highest BCUT2D eigenvalue weighted by atomic mass is 32.1. The summed E-state index contributed by atoms with van der Waals surface area (Å²) in [5.74, 6) is 0. The second-order valence-corrected chi connectivity index (χ2v) is 4.59. The predicted molar refractivity (Wildman–Crippen MR) is 62.7 cm³/mol. The van der Waals surface area contributed by atoms with Gasteiger partial charge in [-0.15, -0.1) is 0 Å². The average molecular weight is 226 g/mol. The Balaban J connectivity index is 2.85. The van der Waals surface area contributed by atoms with Crippen molar-refractivity contribution in [2.45, 2.75) is 25.7 Å². The van der Waals surface area contributed by atoms with Gasteiger partial charge in [0.1, 0.15) is 4.64 Å². The van der Waals surface area contributed by atoms with Gasteiger partial charge in [-0.2, -0.15) is 0 Å². The molecule has 0 saturated carbocycles. The van der Waals surface area contributed by atoms with Gasteiger partial charge in [-0.3, -0.25) is 0 Å². The van der Waals surface area contributed by atoms with Gasteiger partial charge < -0.3 is 9.13 Å². The number of fused-ring (bicyclic) bond motifs is 1. The van der Waals surface area contributed by atoms with Crippen molar-refractivity contribution in [3.63, 3.8) is 0 Å². The van der Waals surface area contributed by atoms with Crippen LogP contribution < -0.4 is 0 Å². The first-order chi connectivity index (χ1) is 6.63. The Hall–Kier alpha value is -0.480. The summed E-state index contributed by atoms with van der Waals surface area (Å²) < 4.78 is 5.81. The van der Waals surface area contributed by atoms with Crippen molar-refractivity contribution >= 4 is 24.4 Å². The van der Waals surface area contributed by atoms with Gasteiger partial charge in [-0.1, -0.05) is 12.2 Å². The first-order valence-corrected chi connectivity index (χ1v) is 5.72. The van der Waals surface area contributed by atoms with Crippen LogP contribution in [0.2, 0.25) is 0 Å². The fourth-order valence-corrected chi connectivity index (χ4v) is 2.69. The van der Waals surface area contributed by atoms with E-state index in [0.717, 1.165) is 22.3 Å². The van der Waals surface area contributed by atoms with Crippen molar-refractivity contribution in [2.24, 2.45) is 14.1 Å². The van der Waals surface area contributed by atoms with Crippen molar-refractivity contribution < 1.29 is 0 Å². The van der Waals surface area contributed by atoms with E-state index in [1.165, 1.54) is 24.1 Å². The van der Waals surface area contributed by atoms with E-state index in [2.05, 4.69) is 4.57 Å². The van der Waals surface area contributed by atoms with E-state index in [-0.39, 0.29) is 0 Å². The molecule has 0 fully saturated rings. The topological polar surface area (TPSA) is 9.86 Å². The van der Waals surface area contributed by atoms with Crippen molar-refractivity contribution in [3.8, 4) is 0 Å². The van der Waals surface area contributed by atoms with Crippen molar-refractivity contribution in [1.82, 2.24) is 9.13 Å². The van der Waals surface area contributed by atoms with Gasteiger partial charge in [-0.05, 0) is 37.9 Å². The standard InChI is InChI=1S/C10H14N2S2/c1-11-8-6-4-3-5-7(8)9(13)12(2)10(11)14/h3-6H2,1-2H3. The summed E-state index contributed by atoms with van der Waals surface area (Å²) >= 11 is 10.7. The van der Waals surface area contributed by atoms with Crippen molar-refractivity contribution in [2.75, 3.05) is 0 Å². The second-order valence-electron chi connectivity index (χ2n) is 3.84. The lowest BCUT2D eigenvalue weighted by molar-refractivity contribution is 0.590. The van der Waals surface area contributed by atoms with Gasteiger partial charge in [-0.25, -0.2) is 0 Å². The molecule has 0 spiro atoms. The van der Waals surface area contributed by atoms with Gasteiger partial charge in [0.05, 0.1) is 0 Å². The van der Waals surface area contributed by atoms with E-state index in [4.69, 9.17) is 24.4 Å². The third-order valence-corrected chi connectivity index (χ3v) is 4.05. The van der Waals surface area contributed by atoms with Crippen LogP contribution in [0.5, 0.6) is 0 Å². The van der Waals surface area contributed by atoms with E-state index in [1.807, 2.05) is 18.7 Å². The number of hydrogen-bond donors (Lipinski definition) is 0. The third kappa shape index (κ3) is 1.37. The molecule has 0 amide bonds. The SMILES string of the molecule is Cn1c2c(c(=S)n(C)c1=S)CCCC2. The molecule has 0 atom stereocenters. The summed E-state index contributed by atoms with van der Waals surface area (Å²) in [6, 6.07) is 0. The summed E-state index contributed by atoms with van der Waals surface area (Å²) in [7, 11) is 4.00. The average Bonchev–Trinajstić information content (AvgIpc) is 2.23. The van der Waals surface area contributed by atoms with Gasteiger partial charge in [0.2, 0.25) is 0 Å². The molecule has 0 radical (unpaired) electrons. The van der Waals surface area contributed by atoms with Crippen LogP contribution in [0.25, 0.3) is 0 Å². The van der Waals surface area contributed by atoms with Crippen LogP contribution in [-0.4, -0.2) is 9.13 Å². The quantitative estimate of drug-likeness (QED) is 0.629. The molecule has 4 heteroatoms. The third-order valence-electron chi connectivity index (χ3n) is 2.98. The molecule has 0 unspecified atom stereocenters. The monoisotopic (exact) mass is 226 g/mol. The van der Waals surface area contributed by atoms with E-state index in [9.17, 15) is 0 Å². The molecule has 0 N–H and O–H groups in total. The van der Waals surface area contributed by atoms with Crippen LogP contribution in [0, 0.1) is 9.41 Å². The molecule has 1 aliphatic rings. The molecule has 1 aromatic heterocycles. The minimum absolute atomic E-state index is 0.829. The number of aromatic nitrogens is 2. The molecule has 0 aliphatic heterocycles. The Morgan fingerprint density at radius 3 is 2.36 bits per heavy atom. The zero-order valence-electron chi connectivity index (χ0n) is 8.54.